The minimum Gasteiger partial charge on any atom is -0.494 e. The Morgan fingerprint density at radius 2 is 2.27 bits per heavy atom. The van der Waals surface area contributed by atoms with Crippen LogP contribution in [-0.2, 0) is 0 Å². The maximum atomic E-state index is 13.3. The number of nitrogens with one attached hydrogen (secondary N) is 1. The van der Waals surface area contributed by atoms with E-state index in [1.807, 2.05) is 5.43 Å². The third-order valence-corrected chi connectivity index (χ3v) is 1.95. The molecule has 0 heterocycles. The predicted molar refractivity (Wildman–Crippen MR) is 54.1 cm³/mol. The summed E-state index contributed by atoms with van der Waals surface area (Å²) >= 11 is 0. The number of anilines is 1. The first-order valence-electron chi connectivity index (χ1n) is 4.18. The van der Waals surface area contributed by atoms with Crippen molar-refractivity contribution in [3.8, 4) is 5.75 Å². The number of hydrogen-bond donors (Lipinski definition) is 2. The van der Waals surface area contributed by atoms with E-state index in [4.69, 9.17) is 10.6 Å². The lowest BCUT2D eigenvalue weighted by Gasteiger charge is -2.16. The fourth-order valence-electron chi connectivity index (χ4n) is 1.08. The number of urea groups is 1. The van der Waals surface area contributed by atoms with E-state index in [9.17, 15) is 9.18 Å². The molecule has 0 aliphatic heterocycles. The normalized spacial score (nSPS) is 9.60. The van der Waals surface area contributed by atoms with Crippen molar-refractivity contribution in [3.05, 3.63) is 24.0 Å². The lowest BCUT2D eigenvalue weighted by molar-refractivity contribution is 0.247. The third kappa shape index (κ3) is 2.35. The topological polar surface area (TPSA) is 67.6 Å². The van der Waals surface area contributed by atoms with Gasteiger partial charge < -0.3 is 4.74 Å². The molecule has 1 aromatic rings. The van der Waals surface area contributed by atoms with Crippen molar-refractivity contribution in [3.63, 3.8) is 0 Å². The third-order valence-electron chi connectivity index (χ3n) is 1.95. The molecule has 0 spiro atoms. The van der Waals surface area contributed by atoms with Crippen molar-refractivity contribution in [2.45, 2.75) is 0 Å². The highest BCUT2D eigenvalue weighted by Crippen LogP contribution is 2.22. The Kier molecular flexibility index (Phi) is 3.46. The van der Waals surface area contributed by atoms with Gasteiger partial charge in [-0.1, -0.05) is 0 Å². The number of carbonyl (C=O) groups is 1. The summed E-state index contributed by atoms with van der Waals surface area (Å²) in [5.41, 5.74) is 2.33. The average Bonchev–Trinajstić information content (AvgIpc) is 2.26. The van der Waals surface area contributed by atoms with Gasteiger partial charge in [-0.05, 0) is 12.1 Å². The Morgan fingerprint density at radius 1 is 1.60 bits per heavy atom. The molecule has 5 nitrogen and oxygen atoms in total. The molecule has 3 N–H and O–H groups in total. The van der Waals surface area contributed by atoms with Crippen LogP contribution in [0.15, 0.2) is 18.2 Å². The van der Waals surface area contributed by atoms with E-state index < -0.39 is 11.8 Å². The fraction of sp³-hybridized carbons (Fsp3) is 0.222. The first kappa shape index (κ1) is 11.3. The second kappa shape index (κ2) is 4.61. The van der Waals surface area contributed by atoms with E-state index in [0.29, 0.717) is 5.69 Å². The van der Waals surface area contributed by atoms with Crippen LogP contribution in [-0.4, -0.2) is 20.2 Å². The first-order valence-corrected chi connectivity index (χ1v) is 4.18. The SMILES string of the molecule is COc1ccc(N(C)C(=O)NN)cc1F. The molecule has 0 atom stereocenters. The average molecular weight is 213 g/mol. The number of benzene rings is 1. The van der Waals surface area contributed by atoms with Gasteiger partial charge in [-0.15, -0.1) is 0 Å². The zero-order valence-electron chi connectivity index (χ0n) is 8.45. The molecule has 0 radical (unpaired) electrons. The molecule has 0 unspecified atom stereocenters. The number of carbonyl (C=O) groups excluding carboxylic acids is 1. The van der Waals surface area contributed by atoms with Gasteiger partial charge >= 0.3 is 6.03 Å². The Morgan fingerprint density at radius 3 is 2.73 bits per heavy atom. The van der Waals surface area contributed by atoms with Gasteiger partial charge in [0.1, 0.15) is 0 Å². The number of nitrogens with zero attached hydrogens (tertiary/aromatic N) is 1. The second-order valence-electron chi connectivity index (χ2n) is 2.83. The molecule has 0 aliphatic carbocycles. The molecule has 2 amide bonds. The zero-order chi connectivity index (χ0) is 11.4. The van der Waals surface area contributed by atoms with E-state index in [-0.39, 0.29) is 5.75 Å². The predicted octanol–water partition coefficient (Wildman–Crippen LogP) is 0.854. The summed E-state index contributed by atoms with van der Waals surface area (Å²) in [5, 5.41) is 0. The Labute approximate surface area is 86.6 Å². The van der Waals surface area contributed by atoms with Crippen LogP contribution in [0.25, 0.3) is 0 Å². The second-order valence-corrected chi connectivity index (χ2v) is 2.83. The van der Waals surface area contributed by atoms with Crippen LogP contribution in [0.5, 0.6) is 5.75 Å². The minimum atomic E-state index is -0.535. The quantitative estimate of drug-likeness (QED) is 0.435. The van der Waals surface area contributed by atoms with Gasteiger partial charge in [-0.25, -0.2) is 15.0 Å². The Hall–Kier alpha value is -1.82. The number of nitrogens with two attached hydrogens (primary N) is 1. The van der Waals surface area contributed by atoms with Crippen molar-refractivity contribution in [1.29, 1.82) is 0 Å². The molecule has 0 aromatic heterocycles. The van der Waals surface area contributed by atoms with Crippen molar-refractivity contribution in [2.24, 2.45) is 5.84 Å². The number of halogens is 1. The van der Waals surface area contributed by atoms with Crippen LogP contribution in [0.4, 0.5) is 14.9 Å². The molecule has 15 heavy (non-hydrogen) atoms. The molecular weight excluding hydrogens is 201 g/mol. The van der Waals surface area contributed by atoms with E-state index in [1.54, 1.807) is 6.07 Å². The highest BCUT2D eigenvalue weighted by Gasteiger charge is 2.11. The van der Waals surface area contributed by atoms with Crippen LogP contribution in [0, 0.1) is 5.82 Å². The van der Waals surface area contributed by atoms with E-state index in [2.05, 4.69) is 0 Å². The number of methoxy groups -OCH3 is 1. The van der Waals surface area contributed by atoms with Crippen molar-refractivity contribution in [1.82, 2.24) is 5.43 Å². The van der Waals surface area contributed by atoms with Gasteiger partial charge in [0.15, 0.2) is 11.6 Å². The summed E-state index contributed by atoms with van der Waals surface area (Å²) in [4.78, 5) is 12.3. The molecular formula is C9H12FN3O2. The lowest BCUT2D eigenvalue weighted by Crippen LogP contribution is -2.41. The standard InChI is InChI=1S/C9H12FN3O2/c1-13(9(14)12-11)6-3-4-8(15-2)7(10)5-6/h3-5H,11H2,1-2H3,(H,12,14). The van der Waals surface area contributed by atoms with Crippen LogP contribution >= 0.6 is 0 Å². The Bertz CT molecular complexity index is 370. The molecule has 0 fully saturated rings. The minimum absolute atomic E-state index is 0.125. The monoisotopic (exact) mass is 213 g/mol. The van der Waals surface area contributed by atoms with Gasteiger partial charge in [0, 0.05) is 18.8 Å². The van der Waals surface area contributed by atoms with Gasteiger partial charge in [-0.3, -0.25) is 10.3 Å². The highest BCUT2D eigenvalue weighted by atomic mass is 19.1. The van der Waals surface area contributed by atoms with Crippen LogP contribution in [0.3, 0.4) is 0 Å². The first-order chi connectivity index (χ1) is 7.10. The van der Waals surface area contributed by atoms with Gasteiger partial charge in [-0.2, -0.15) is 0 Å². The fourth-order valence-corrected chi connectivity index (χ4v) is 1.08. The lowest BCUT2D eigenvalue weighted by atomic mass is 10.2. The largest absolute Gasteiger partial charge is 0.494 e. The summed E-state index contributed by atoms with van der Waals surface area (Å²) in [7, 11) is 2.85. The molecule has 0 aliphatic rings. The summed E-state index contributed by atoms with van der Waals surface area (Å²) in [5.74, 6) is 4.53. The van der Waals surface area contributed by atoms with Crippen molar-refractivity contribution in [2.75, 3.05) is 19.1 Å². The smallest absolute Gasteiger partial charge is 0.335 e. The molecule has 1 rings (SSSR count). The summed E-state index contributed by atoms with van der Waals surface area (Å²) in [6.07, 6.45) is 0. The van der Waals surface area contributed by atoms with Crippen LogP contribution < -0.4 is 20.9 Å². The van der Waals surface area contributed by atoms with Gasteiger partial charge in [0.2, 0.25) is 0 Å². The number of amides is 2. The summed E-state index contributed by atoms with van der Waals surface area (Å²) < 4.78 is 18.0. The molecule has 0 saturated heterocycles. The molecule has 0 saturated carbocycles. The molecule has 0 bridgehead atoms. The van der Waals surface area contributed by atoms with Crippen molar-refractivity contribution < 1.29 is 13.9 Å². The molecule has 1 aromatic carbocycles. The number of hydrogen-bond acceptors (Lipinski definition) is 3. The molecule has 82 valence electrons. The van der Waals surface area contributed by atoms with Crippen LogP contribution in [0.2, 0.25) is 0 Å². The number of rotatable bonds is 2. The van der Waals surface area contributed by atoms with E-state index >= 15 is 0 Å². The van der Waals surface area contributed by atoms with E-state index in [0.717, 1.165) is 0 Å². The van der Waals surface area contributed by atoms with E-state index in [1.165, 1.54) is 31.2 Å². The summed E-state index contributed by atoms with van der Waals surface area (Å²) in [6, 6.07) is 3.65. The molecule has 6 heteroatoms. The van der Waals surface area contributed by atoms with Crippen LogP contribution in [0.1, 0.15) is 0 Å². The maximum Gasteiger partial charge on any atom is 0.335 e. The summed E-state index contributed by atoms with van der Waals surface area (Å²) in [6.45, 7) is 0. The number of hydrazine groups is 1. The zero-order valence-corrected chi connectivity index (χ0v) is 8.45. The maximum absolute atomic E-state index is 13.3. The van der Waals surface area contributed by atoms with Crippen molar-refractivity contribution >= 4 is 11.7 Å². The Balaban J connectivity index is 2.97. The highest BCUT2D eigenvalue weighted by molar-refractivity contribution is 5.90. The van der Waals surface area contributed by atoms with Gasteiger partial charge in [0.25, 0.3) is 0 Å². The number of ether oxygens (including phenoxy) is 1. The van der Waals surface area contributed by atoms with Gasteiger partial charge in [0.05, 0.1) is 7.11 Å².